The molecular weight excluding hydrogens is 326 g/mol. The second-order valence-corrected chi connectivity index (χ2v) is 5.89. The lowest BCUT2D eigenvalue weighted by atomic mass is 10.2. The van der Waals surface area contributed by atoms with Crippen LogP contribution in [0.4, 0.5) is 15.6 Å². The van der Waals surface area contributed by atoms with Gasteiger partial charge in [-0.05, 0) is 43.3 Å². The fourth-order valence-corrected chi connectivity index (χ4v) is 2.95. The van der Waals surface area contributed by atoms with E-state index in [1.165, 1.54) is 11.3 Å². The van der Waals surface area contributed by atoms with Gasteiger partial charge in [-0.15, -0.1) is 0 Å². The summed E-state index contributed by atoms with van der Waals surface area (Å²) in [6.07, 6.45) is 0. The van der Waals surface area contributed by atoms with Gasteiger partial charge < -0.3 is 10.1 Å². The molecule has 3 rings (SSSR count). The van der Waals surface area contributed by atoms with Crippen molar-refractivity contribution in [1.29, 1.82) is 0 Å². The monoisotopic (exact) mass is 345 g/mol. The van der Waals surface area contributed by atoms with Gasteiger partial charge in [0.05, 0.1) is 22.4 Å². The smallest absolute Gasteiger partial charge is 0.338 e. The Balaban J connectivity index is 0.00000169. The molecule has 0 aliphatic carbocycles. The average molecular weight is 345 g/mol. The van der Waals surface area contributed by atoms with Crippen LogP contribution in [0, 0.1) is 0 Å². The van der Waals surface area contributed by atoms with Gasteiger partial charge in [0.15, 0.2) is 5.13 Å². The molecule has 2 N–H and O–H groups in total. The van der Waals surface area contributed by atoms with E-state index in [0.29, 0.717) is 23.0 Å². The summed E-state index contributed by atoms with van der Waals surface area (Å²) in [5.74, 6) is -0.386. The van der Waals surface area contributed by atoms with Crippen molar-refractivity contribution >= 4 is 44.4 Å². The van der Waals surface area contributed by atoms with E-state index in [0.717, 1.165) is 10.2 Å². The highest BCUT2D eigenvalue weighted by Crippen LogP contribution is 2.25. The number of aromatic nitrogens is 1. The zero-order valence-corrected chi connectivity index (χ0v) is 13.7. The van der Waals surface area contributed by atoms with Crippen LogP contribution in [0.25, 0.3) is 10.2 Å². The largest absolute Gasteiger partial charge is 0.462 e. The predicted octanol–water partition coefficient (Wildman–Crippen LogP) is 4.61. The highest BCUT2D eigenvalue weighted by molar-refractivity contribution is 7.22. The van der Waals surface area contributed by atoms with Crippen LogP contribution in [0.3, 0.4) is 0 Å². The number of urea groups is 1. The fourth-order valence-electron chi connectivity index (χ4n) is 2.09. The summed E-state index contributed by atoms with van der Waals surface area (Å²) in [7, 11) is 0. The van der Waals surface area contributed by atoms with E-state index in [1.807, 2.05) is 24.3 Å². The Morgan fingerprint density at radius 2 is 1.88 bits per heavy atom. The number of para-hydroxylation sites is 1. The number of nitrogens with one attached hydrogen (secondary N) is 2. The van der Waals surface area contributed by atoms with E-state index in [1.54, 1.807) is 31.2 Å². The van der Waals surface area contributed by atoms with Gasteiger partial charge >= 0.3 is 12.0 Å². The first-order valence-electron chi connectivity index (χ1n) is 7.36. The Bertz CT molecular complexity index is 851. The van der Waals surface area contributed by atoms with Gasteiger partial charge in [0.1, 0.15) is 0 Å². The number of amides is 2. The molecular formula is C17H19N3O3S. The number of fused-ring (bicyclic) bond motifs is 1. The third-order valence-corrected chi connectivity index (χ3v) is 4.12. The Kier molecular flexibility index (Phi) is 4.72. The number of ether oxygens (including phenoxy) is 1. The van der Waals surface area contributed by atoms with Crippen LogP contribution in [0.2, 0.25) is 0 Å². The summed E-state index contributed by atoms with van der Waals surface area (Å²) in [6.45, 7) is 2.07. The first-order chi connectivity index (χ1) is 11.7. The van der Waals surface area contributed by atoms with Crippen molar-refractivity contribution in [2.24, 2.45) is 0 Å². The molecule has 2 aromatic carbocycles. The molecule has 0 aliphatic heterocycles. The van der Waals surface area contributed by atoms with Gasteiger partial charge in [-0.25, -0.2) is 14.6 Å². The molecule has 24 heavy (non-hydrogen) atoms. The number of esters is 1. The molecule has 0 saturated carbocycles. The second kappa shape index (κ2) is 7.10. The van der Waals surface area contributed by atoms with Crippen LogP contribution >= 0.6 is 11.3 Å². The van der Waals surface area contributed by atoms with Crippen LogP contribution in [0.5, 0.6) is 0 Å². The lowest BCUT2D eigenvalue weighted by Crippen LogP contribution is -2.19. The summed E-state index contributed by atoms with van der Waals surface area (Å²) in [4.78, 5) is 27.9. The highest BCUT2D eigenvalue weighted by atomic mass is 32.1. The van der Waals surface area contributed by atoms with Gasteiger partial charge in [-0.2, -0.15) is 0 Å². The lowest BCUT2D eigenvalue weighted by molar-refractivity contribution is 0.0526. The third kappa shape index (κ3) is 3.69. The minimum atomic E-state index is -0.391. The van der Waals surface area contributed by atoms with E-state index >= 15 is 0 Å². The van der Waals surface area contributed by atoms with Crippen molar-refractivity contribution in [3.8, 4) is 0 Å². The molecule has 0 aliphatic rings. The number of nitrogens with zero attached hydrogens (tertiary/aromatic N) is 1. The summed E-state index contributed by atoms with van der Waals surface area (Å²) in [6, 6.07) is 13.8. The molecule has 0 radical (unpaired) electrons. The molecule has 0 spiro atoms. The Hall–Kier alpha value is -2.93. The molecule has 126 valence electrons. The standard InChI is InChI=1S/C17H15N3O3S.2H2/c1-2-23-15(21)11-7-9-12(10-8-11)18-16(22)20-17-19-13-5-3-4-6-14(13)24-17;;/h3-10H,2H2,1H3,(H2,18,19,20,22);2*1H. The van der Waals surface area contributed by atoms with Crippen LogP contribution in [0.1, 0.15) is 20.1 Å². The molecule has 0 unspecified atom stereocenters. The van der Waals surface area contributed by atoms with Crippen LogP contribution in [-0.2, 0) is 4.74 Å². The first-order valence-corrected chi connectivity index (χ1v) is 8.18. The highest BCUT2D eigenvalue weighted by Gasteiger charge is 2.09. The Morgan fingerprint density at radius 3 is 2.58 bits per heavy atom. The molecule has 7 heteroatoms. The minimum Gasteiger partial charge on any atom is -0.462 e. The van der Waals surface area contributed by atoms with Crippen molar-refractivity contribution in [2.75, 3.05) is 17.2 Å². The molecule has 2 amide bonds. The average Bonchev–Trinajstić information content (AvgIpc) is 2.97. The van der Waals surface area contributed by atoms with E-state index in [2.05, 4.69) is 15.6 Å². The fraction of sp³-hybridized carbons (Fsp3) is 0.118. The van der Waals surface area contributed by atoms with Gasteiger partial charge in [0.2, 0.25) is 0 Å². The third-order valence-electron chi connectivity index (χ3n) is 3.17. The zero-order chi connectivity index (χ0) is 16.9. The molecule has 0 bridgehead atoms. The predicted molar refractivity (Wildman–Crippen MR) is 98.9 cm³/mol. The maximum atomic E-state index is 12.0. The van der Waals surface area contributed by atoms with Crippen LogP contribution in [0.15, 0.2) is 48.5 Å². The number of benzene rings is 2. The van der Waals surface area contributed by atoms with E-state index in [-0.39, 0.29) is 8.82 Å². The van der Waals surface area contributed by atoms with E-state index in [4.69, 9.17) is 4.74 Å². The van der Waals surface area contributed by atoms with E-state index in [9.17, 15) is 9.59 Å². The van der Waals surface area contributed by atoms with Gasteiger partial charge in [0.25, 0.3) is 0 Å². The second-order valence-electron chi connectivity index (χ2n) is 4.86. The SMILES string of the molecule is CCOC(=O)c1ccc(NC(=O)Nc2nc3ccccc3s2)cc1.[HH].[HH]. The van der Waals surface area contributed by atoms with Gasteiger partial charge in [-0.3, -0.25) is 5.32 Å². The van der Waals surface area contributed by atoms with Crippen LogP contribution < -0.4 is 10.6 Å². The van der Waals surface area contributed by atoms with Crippen molar-refractivity contribution < 1.29 is 17.2 Å². The molecule has 0 fully saturated rings. The van der Waals surface area contributed by atoms with E-state index < -0.39 is 6.03 Å². The Labute approximate surface area is 145 Å². The summed E-state index contributed by atoms with van der Waals surface area (Å²) in [5.41, 5.74) is 1.85. The van der Waals surface area contributed by atoms with Crippen molar-refractivity contribution in [3.05, 3.63) is 54.1 Å². The quantitative estimate of drug-likeness (QED) is 0.677. The molecule has 3 aromatic rings. The van der Waals surface area contributed by atoms with Gasteiger partial charge in [0, 0.05) is 8.54 Å². The lowest BCUT2D eigenvalue weighted by Gasteiger charge is -2.06. The molecule has 1 aromatic heterocycles. The zero-order valence-electron chi connectivity index (χ0n) is 12.9. The molecule has 1 heterocycles. The normalized spacial score (nSPS) is 10.4. The number of hydrogen-bond donors (Lipinski definition) is 2. The number of hydrogen-bond acceptors (Lipinski definition) is 5. The van der Waals surface area contributed by atoms with Gasteiger partial charge in [-0.1, -0.05) is 23.5 Å². The number of thiazole rings is 1. The number of anilines is 2. The van der Waals surface area contributed by atoms with Crippen molar-refractivity contribution in [1.82, 2.24) is 4.98 Å². The maximum Gasteiger partial charge on any atom is 0.338 e. The Morgan fingerprint density at radius 1 is 1.12 bits per heavy atom. The maximum absolute atomic E-state index is 12.0. The molecule has 6 nitrogen and oxygen atoms in total. The van der Waals surface area contributed by atoms with Crippen molar-refractivity contribution in [2.45, 2.75) is 6.92 Å². The topological polar surface area (TPSA) is 80.3 Å². The molecule has 0 saturated heterocycles. The number of carbonyl (C=O) groups excluding carboxylic acids is 2. The minimum absolute atomic E-state index is 0. The van der Waals surface area contributed by atoms with Crippen LogP contribution in [-0.4, -0.2) is 23.6 Å². The number of rotatable bonds is 4. The van der Waals surface area contributed by atoms with Crippen molar-refractivity contribution in [3.63, 3.8) is 0 Å². The first kappa shape index (κ1) is 15.9. The summed E-state index contributed by atoms with van der Waals surface area (Å²) >= 11 is 1.40. The summed E-state index contributed by atoms with van der Waals surface area (Å²) < 4.78 is 5.92. The summed E-state index contributed by atoms with van der Waals surface area (Å²) in [5, 5.41) is 5.93. The molecule has 0 atom stereocenters. The number of carbonyl (C=O) groups is 2.